The first kappa shape index (κ1) is 20.8. The van der Waals surface area contributed by atoms with Gasteiger partial charge in [0.1, 0.15) is 11.2 Å². The van der Waals surface area contributed by atoms with E-state index in [-0.39, 0.29) is 16.5 Å². The van der Waals surface area contributed by atoms with E-state index < -0.39 is 9.84 Å². The second-order valence-electron chi connectivity index (χ2n) is 7.53. The van der Waals surface area contributed by atoms with Gasteiger partial charge >= 0.3 is 0 Å². The van der Waals surface area contributed by atoms with Crippen molar-refractivity contribution in [3.05, 3.63) is 90.9 Å². The summed E-state index contributed by atoms with van der Waals surface area (Å²) in [4.78, 5) is 13.0. The largest absolute Gasteiger partial charge is 0.364 e. The van der Waals surface area contributed by atoms with Crippen LogP contribution in [-0.4, -0.2) is 39.2 Å². The standard InChI is InChI=1S/C24H20N6O2S/c1-33(31,32)21-16-25-15-20(27-21)23-28-24(26-14-17-8-4-2-5-9-17)22-19(12-13-30(22)29-23)18-10-6-3-7-11-18/h2-13,15-16H,14H2,1H3,(H,26,28,29). The van der Waals surface area contributed by atoms with E-state index in [1.807, 2.05) is 72.9 Å². The molecule has 0 unspecified atom stereocenters. The minimum Gasteiger partial charge on any atom is -0.364 e. The zero-order chi connectivity index (χ0) is 22.8. The Labute approximate surface area is 190 Å². The first-order chi connectivity index (χ1) is 16.0. The Morgan fingerprint density at radius 3 is 2.36 bits per heavy atom. The van der Waals surface area contributed by atoms with Crippen molar-refractivity contribution in [1.29, 1.82) is 0 Å². The third kappa shape index (κ3) is 4.31. The Morgan fingerprint density at radius 1 is 0.909 bits per heavy atom. The lowest BCUT2D eigenvalue weighted by atomic mass is 10.1. The Morgan fingerprint density at radius 2 is 1.64 bits per heavy atom. The molecule has 164 valence electrons. The smallest absolute Gasteiger partial charge is 0.202 e. The van der Waals surface area contributed by atoms with Crippen LogP contribution >= 0.6 is 0 Å². The second kappa shape index (κ2) is 8.44. The summed E-state index contributed by atoms with van der Waals surface area (Å²) in [5.74, 6) is 0.880. The highest BCUT2D eigenvalue weighted by molar-refractivity contribution is 7.90. The third-order valence-electron chi connectivity index (χ3n) is 5.12. The number of aromatic nitrogens is 5. The van der Waals surface area contributed by atoms with Crippen molar-refractivity contribution in [2.75, 3.05) is 11.6 Å². The molecule has 33 heavy (non-hydrogen) atoms. The van der Waals surface area contributed by atoms with Crippen molar-refractivity contribution in [2.24, 2.45) is 0 Å². The lowest BCUT2D eigenvalue weighted by Crippen LogP contribution is -2.09. The summed E-state index contributed by atoms with van der Waals surface area (Å²) in [7, 11) is -3.52. The van der Waals surface area contributed by atoms with Crippen molar-refractivity contribution < 1.29 is 8.42 Å². The lowest BCUT2D eigenvalue weighted by Gasteiger charge is -2.12. The number of anilines is 1. The van der Waals surface area contributed by atoms with Crippen molar-refractivity contribution >= 4 is 21.2 Å². The Balaban J connectivity index is 1.65. The molecule has 0 aliphatic heterocycles. The summed E-state index contributed by atoms with van der Waals surface area (Å²) in [5.41, 5.74) is 4.21. The van der Waals surface area contributed by atoms with Crippen molar-refractivity contribution in [3.8, 4) is 22.6 Å². The van der Waals surface area contributed by atoms with Crippen LogP contribution in [0.2, 0.25) is 0 Å². The van der Waals surface area contributed by atoms with Crippen LogP contribution in [0.1, 0.15) is 5.56 Å². The van der Waals surface area contributed by atoms with Crippen LogP contribution in [0.4, 0.5) is 5.82 Å². The van der Waals surface area contributed by atoms with E-state index in [1.54, 1.807) is 4.52 Å². The number of benzene rings is 2. The molecule has 5 rings (SSSR count). The van der Waals surface area contributed by atoms with Gasteiger partial charge in [-0.2, -0.15) is 0 Å². The molecule has 0 aliphatic carbocycles. The summed E-state index contributed by atoms with van der Waals surface area (Å²) in [5, 5.41) is 7.89. The van der Waals surface area contributed by atoms with Gasteiger partial charge in [0.25, 0.3) is 0 Å². The molecule has 0 saturated carbocycles. The van der Waals surface area contributed by atoms with Gasteiger partial charge in [-0.05, 0) is 17.2 Å². The summed E-state index contributed by atoms with van der Waals surface area (Å²) in [6.45, 7) is 0.557. The molecule has 0 saturated heterocycles. The zero-order valence-corrected chi connectivity index (χ0v) is 18.6. The average molecular weight is 457 g/mol. The molecule has 0 spiro atoms. The Hall–Kier alpha value is -4.11. The summed E-state index contributed by atoms with van der Waals surface area (Å²) < 4.78 is 25.6. The molecule has 0 bridgehead atoms. The number of rotatable bonds is 6. The minimum atomic E-state index is -3.52. The van der Waals surface area contributed by atoms with Gasteiger partial charge in [-0.3, -0.25) is 4.98 Å². The van der Waals surface area contributed by atoms with Gasteiger partial charge < -0.3 is 5.32 Å². The van der Waals surface area contributed by atoms with E-state index >= 15 is 0 Å². The van der Waals surface area contributed by atoms with Gasteiger partial charge in [0.05, 0.1) is 12.4 Å². The fraction of sp³-hybridized carbons (Fsp3) is 0.0833. The van der Waals surface area contributed by atoms with Gasteiger partial charge in [-0.15, -0.1) is 5.10 Å². The topological polar surface area (TPSA) is 102 Å². The number of fused-ring (bicyclic) bond motifs is 1. The summed E-state index contributed by atoms with van der Waals surface area (Å²) in [6, 6.07) is 22.0. The van der Waals surface area contributed by atoms with E-state index in [4.69, 9.17) is 4.98 Å². The van der Waals surface area contributed by atoms with Crippen LogP contribution in [0.3, 0.4) is 0 Å². The van der Waals surface area contributed by atoms with Crippen LogP contribution in [0.15, 0.2) is 90.3 Å². The number of sulfone groups is 1. The van der Waals surface area contributed by atoms with Crippen molar-refractivity contribution in [3.63, 3.8) is 0 Å². The average Bonchev–Trinajstić information content (AvgIpc) is 3.28. The maximum Gasteiger partial charge on any atom is 0.202 e. The molecule has 8 nitrogen and oxygen atoms in total. The molecule has 2 aromatic carbocycles. The van der Waals surface area contributed by atoms with Crippen LogP contribution < -0.4 is 5.32 Å². The van der Waals surface area contributed by atoms with Crippen LogP contribution in [0, 0.1) is 0 Å². The van der Waals surface area contributed by atoms with Crippen LogP contribution in [0.5, 0.6) is 0 Å². The molecule has 3 aromatic heterocycles. The maximum atomic E-state index is 12.0. The third-order valence-corrected chi connectivity index (χ3v) is 6.08. The van der Waals surface area contributed by atoms with Crippen molar-refractivity contribution in [1.82, 2.24) is 24.6 Å². The predicted octanol–water partition coefficient (Wildman–Crippen LogP) is 3.87. The van der Waals surface area contributed by atoms with E-state index in [9.17, 15) is 8.42 Å². The highest BCUT2D eigenvalue weighted by Gasteiger charge is 2.18. The molecule has 0 fully saturated rings. The molecule has 1 N–H and O–H groups in total. The summed E-state index contributed by atoms with van der Waals surface area (Å²) in [6.07, 6.45) is 5.62. The molecular formula is C24H20N6O2S. The fourth-order valence-electron chi connectivity index (χ4n) is 3.52. The quantitative estimate of drug-likeness (QED) is 0.414. The number of hydrogen-bond donors (Lipinski definition) is 1. The molecule has 0 aliphatic rings. The first-order valence-electron chi connectivity index (χ1n) is 10.2. The van der Waals surface area contributed by atoms with Gasteiger partial charge in [-0.25, -0.2) is 22.9 Å². The maximum absolute atomic E-state index is 12.0. The highest BCUT2D eigenvalue weighted by Crippen LogP contribution is 2.31. The van der Waals surface area contributed by atoms with Crippen molar-refractivity contribution in [2.45, 2.75) is 11.6 Å². The normalized spacial score (nSPS) is 11.5. The molecule has 3 heterocycles. The van der Waals surface area contributed by atoms with Gasteiger partial charge in [-0.1, -0.05) is 60.7 Å². The lowest BCUT2D eigenvalue weighted by molar-refractivity contribution is 0.597. The van der Waals surface area contributed by atoms with E-state index in [1.165, 1.54) is 12.4 Å². The molecule has 5 aromatic rings. The van der Waals surface area contributed by atoms with Gasteiger partial charge in [0.15, 0.2) is 20.7 Å². The number of nitrogens with zero attached hydrogens (tertiary/aromatic N) is 5. The van der Waals surface area contributed by atoms with E-state index in [0.717, 1.165) is 28.5 Å². The summed E-state index contributed by atoms with van der Waals surface area (Å²) >= 11 is 0. The number of hydrogen-bond acceptors (Lipinski definition) is 7. The first-order valence-corrected chi connectivity index (χ1v) is 12.1. The van der Waals surface area contributed by atoms with Crippen LogP contribution in [0.25, 0.3) is 28.2 Å². The highest BCUT2D eigenvalue weighted by atomic mass is 32.2. The Bertz CT molecular complexity index is 1530. The Kier molecular flexibility index (Phi) is 5.31. The molecular weight excluding hydrogens is 436 g/mol. The van der Waals surface area contributed by atoms with E-state index in [2.05, 4.69) is 20.4 Å². The van der Waals surface area contributed by atoms with Gasteiger partial charge in [0.2, 0.25) is 5.82 Å². The second-order valence-corrected chi connectivity index (χ2v) is 9.49. The van der Waals surface area contributed by atoms with E-state index in [0.29, 0.717) is 12.4 Å². The molecule has 0 atom stereocenters. The van der Waals surface area contributed by atoms with Gasteiger partial charge in [0, 0.05) is 24.6 Å². The molecule has 0 radical (unpaired) electrons. The SMILES string of the molecule is CS(=O)(=O)c1cncc(-c2nc(NCc3ccccc3)c3c(-c4ccccc4)ccn3n2)n1. The minimum absolute atomic E-state index is 0.125. The molecule has 9 heteroatoms. The number of nitrogens with one attached hydrogen (secondary N) is 1. The zero-order valence-electron chi connectivity index (χ0n) is 17.8. The van der Waals surface area contributed by atoms with Crippen LogP contribution in [-0.2, 0) is 16.4 Å². The monoisotopic (exact) mass is 456 g/mol. The fourth-order valence-corrected chi connectivity index (χ4v) is 4.04. The predicted molar refractivity (Wildman–Crippen MR) is 126 cm³/mol. The molecule has 0 amide bonds.